The first-order chi connectivity index (χ1) is 15.5. The van der Waals surface area contributed by atoms with Crippen molar-refractivity contribution in [1.82, 2.24) is 10.2 Å². The van der Waals surface area contributed by atoms with Crippen LogP contribution < -0.4 is 10.1 Å². The van der Waals surface area contributed by atoms with Gasteiger partial charge in [-0.2, -0.15) is 0 Å². The van der Waals surface area contributed by atoms with E-state index in [2.05, 4.69) is 5.32 Å². The Morgan fingerprint density at radius 1 is 1.09 bits per heavy atom. The van der Waals surface area contributed by atoms with Crippen molar-refractivity contribution in [1.29, 1.82) is 0 Å². The van der Waals surface area contributed by atoms with Gasteiger partial charge in [0.25, 0.3) is 5.91 Å². The van der Waals surface area contributed by atoms with E-state index >= 15 is 0 Å². The first-order valence-corrected chi connectivity index (χ1v) is 11.9. The van der Waals surface area contributed by atoms with Crippen LogP contribution in [0.25, 0.3) is 0 Å². The van der Waals surface area contributed by atoms with Crippen LogP contribution in [-0.4, -0.2) is 35.4 Å². The zero-order valence-electron chi connectivity index (χ0n) is 19.0. The minimum atomic E-state index is -0.544. The number of halogens is 1. The molecule has 1 fully saturated rings. The second-order valence-electron chi connectivity index (χ2n) is 8.46. The summed E-state index contributed by atoms with van der Waals surface area (Å²) in [5.74, 6) is 0.278. The number of carbonyl (C=O) groups excluding carboxylic acids is 2. The van der Waals surface area contributed by atoms with Crippen LogP contribution in [0.4, 0.5) is 0 Å². The topological polar surface area (TPSA) is 58.6 Å². The normalized spacial score (nSPS) is 15.1. The van der Waals surface area contributed by atoms with Gasteiger partial charge in [0.15, 0.2) is 6.61 Å². The summed E-state index contributed by atoms with van der Waals surface area (Å²) in [5.41, 5.74) is 2.11. The van der Waals surface area contributed by atoms with Crippen LogP contribution in [0.15, 0.2) is 48.5 Å². The number of rotatable bonds is 9. The Kier molecular flexibility index (Phi) is 8.98. The van der Waals surface area contributed by atoms with E-state index in [9.17, 15) is 9.59 Å². The number of ether oxygens (including phenoxy) is 1. The molecule has 0 heterocycles. The molecule has 32 heavy (non-hydrogen) atoms. The van der Waals surface area contributed by atoms with Crippen LogP contribution in [0.3, 0.4) is 0 Å². The van der Waals surface area contributed by atoms with Gasteiger partial charge in [0.1, 0.15) is 11.8 Å². The minimum absolute atomic E-state index is 0.0761. The molecular formula is C26H33ClN2O3. The first-order valence-electron chi connectivity index (χ1n) is 11.5. The predicted molar refractivity (Wildman–Crippen MR) is 128 cm³/mol. The molecule has 1 aliphatic carbocycles. The van der Waals surface area contributed by atoms with Gasteiger partial charge in [-0.3, -0.25) is 9.59 Å². The Morgan fingerprint density at radius 3 is 2.44 bits per heavy atom. The van der Waals surface area contributed by atoms with Gasteiger partial charge < -0.3 is 15.0 Å². The number of nitrogens with one attached hydrogen (secondary N) is 1. The van der Waals surface area contributed by atoms with Crippen LogP contribution in [0.1, 0.15) is 56.6 Å². The molecule has 1 atom stereocenters. The second kappa shape index (κ2) is 11.9. The number of hydrogen-bond donors (Lipinski definition) is 1. The Balaban J connectivity index is 1.75. The molecule has 0 radical (unpaired) electrons. The van der Waals surface area contributed by atoms with E-state index in [0.29, 0.717) is 23.7 Å². The molecule has 0 aromatic heterocycles. The van der Waals surface area contributed by atoms with Gasteiger partial charge in [-0.1, -0.05) is 62.1 Å². The maximum absolute atomic E-state index is 13.3. The van der Waals surface area contributed by atoms with Crippen LogP contribution in [0.2, 0.25) is 5.02 Å². The maximum atomic E-state index is 13.3. The van der Waals surface area contributed by atoms with Crippen LogP contribution in [0.5, 0.6) is 5.75 Å². The summed E-state index contributed by atoms with van der Waals surface area (Å²) in [6.07, 6.45) is 6.06. The fourth-order valence-electron chi connectivity index (χ4n) is 4.19. The van der Waals surface area contributed by atoms with Crippen LogP contribution >= 0.6 is 11.6 Å². The van der Waals surface area contributed by atoms with Gasteiger partial charge in [0, 0.05) is 17.6 Å². The van der Waals surface area contributed by atoms with Crippen molar-refractivity contribution >= 4 is 23.4 Å². The molecule has 0 unspecified atom stereocenters. The number of amides is 2. The van der Waals surface area contributed by atoms with Gasteiger partial charge >= 0.3 is 0 Å². The number of carbonyl (C=O) groups is 2. The Hall–Kier alpha value is -2.53. The highest BCUT2D eigenvalue weighted by Crippen LogP contribution is 2.20. The fraction of sp³-hybridized carbons (Fsp3) is 0.462. The molecule has 1 N–H and O–H groups in total. The van der Waals surface area contributed by atoms with Gasteiger partial charge in [-0.05, 0) is 61.6 Å². The molecule has 0 spiro atoms. The predicted octanol–water partition coefficient (Wildman–Crippen LogP) is 5.28. The summed E-state index contributed by atoms with van der Waals surface area (Å²) in [5, 5.41) is 3.80. The maximum Gasteiger partial charge on any atom is 0.261 e. The van der Waals surface area contributed by atoms with Crippen molar-refractivity contribution in [2.75, 3.05) is 6.61 Å². The van der Waals surface area contributed by atoms with E-state index in [1.165, 1.54) is 6.42 Å². The van der Waals surface area contributed by atoms with Crippen LogP contribution in [0, 0.1) is 6.92 Å². The van der Waals surface area contributed by atoms with E-state index in [1.54, 1.807) is 29.2 Å². The molecule has 172 valence electrons. The van der Waals surface area contributed by atoms with E-state index in [0.717, 1.165) is 36.8 Å². The molecule has 3 rings (SSSR count). The minimum Gasteiger partial charge on any atom is -0.484 e. The molecule has 2 aromatic carbocycles. The SMILES string of the molecule is CC[C@@H](C(=O)NC1CCCCC1)N(Cc1ccccc1C)C(=O)COc1ccc(Cl)cc1. The number of benzene rings is 2. The summed E-state index contributed by atoms with van der Waals surface area (Å²) >= 11 is 5.93. The summed E-state index contributed by atoms with van der Waals surface area (Å²) in [4.78, 5) is 28.2. The molecule has 5 nitrogen and oxygen atoms in total. The Labute approximate surface area is 196 Å². The van der Waals surface area contributed by atoms with Gasteiger partial charge in [0.2, 0.25) is 5.91 Å². The third kappa shape index (κ3) is 6.73. The molecule has 1 saturated carbocycles. The highest BCUT2D eigenvalue weighted by atomic mass is 35.5. The van der Waals surface area contributed by atoms with Gasteiger partial charge in [0.05, 0.1) is 0 Å². The number of aryl methyl sites for hydroxylation is 1. The monoisotopic (exact) mass is 456 g/mol. The standard InChI is InChI=1S/C26H33ClN2O3/c1-3-24(26(31)28-22-11-5-4-6-12-22)29(17-20-10-8-7-9-19(20)2)25(30)18-32-23-15-13-21(27)14-16-23/h7-10,13-16,22,24H,3-6,11-12,17-18H2,1-2H3,(H,28,31)/t24-/m0/s1. The molecular weight excluding hydrogens is 424 g/mol. The molecule has 0 aliphatic heterocycles. The molecule has 2 amide bonds. The highest BCUT2D eigenvalue weighted by Gasteiger charge is 2.30. The van der Waals surface area contributed by atoms with Crippen molar-refractivity contribution in [3.8, 4) is 5.75 Å². The van der Waals surface area contributed by atoms with Crippen molar-refractivity contribution < 1.29 is 14.3 Å². The quantitative estimate of drug-likeness (QED) is 0.558. The van der Waals surface area contributed by atoms with Crippen molar-refractivity contribution in [3.63, 3.8) is 0 Å². The lowest BCUT2D eigenvalue weighted by Crippen LogP contribution is -2.52. The fourth-order valence-corrected chi connectivity index (χ4v) is 4.32. The Bertz CT molecular complexity index is 894. The zero-order valence-corrected chi connectivity index (χ0v) is 19.7. The van der Waals surface area contributed by atoms with Crippen LogP contribution in [-0.2, 0) is 16.1 Å². The van der Waals surface area contributed by atoms with Crippen molar-refractivity contribution in [2.45, 2.75) is 71.0 Å². The third-order valence-corrected chi connectivity index (χ3v) is 6.37. The summed E-state index contributed by atoms with van der Waals surface area (Å²) in [7, 11) is 0. The van der Waals surface area contributed by atoms with Crippen molar-refractivity contribution in [2.24, 2.45) is 0 Å². The number of nitrogens with zero attached hydrogens (tertiary/aromatic N) is 1. The second-order valence-corrected chi connectivity index (χ2v) is 8.89. The lowest BCUT2D eigenvalue weighted by atomic mass is 9.95. The molecule has 6 heteroatoms. The van der Waals surface area contributed by atoms with E-state index in [1.807, 2.05) is 38.1 Å². The summed E-state index contributed by atoms with van der Waals surface area (Å²) in [6, 6.07) is 14.5. The average molecular weight is 457 g/mol. The largest absolute Gasteiger partial charge is 0.484 e. The third-order valence-electron chi connectivity index (χ3n) is 6.12. The van der Waals surface area contributed by atoms with Gasteiger partial charge in [-0.25, -0.2) is 0 Å². The molecule has 1 aliphatic rings. The average Bonchev–Trinajstić information content (AvgIpc) is 2.80. The van der Waals surface area contributed by atoms with Gasteiger partial charge in [-0.15, -0.1) is 0 Å². The highest BCUT2D eigenvalue weighted by molar-refractivity contribution is 6.30. The zero-order chi connectivity index (χ0) is 22.9. The summed E-state index contributed by atoms with van der Waals surface area (Å²) in [6.45, 7) is 4.20. The van der Waals surface area contributed by atoms with E-state index in [-0.39, 0.29) is 24.5 Å². The molecule has 0 bridgehead atoms. The lowest BCUT2D eigenvalue weighted by molar-refractivity contribution is -0.143. The lowest BCUT2D eigenvalue weighted by Gasteiger charge is -2.33. The van der Waals surface area contributed by atoms with Crippen molar-refractivity contribution in [3.05, 3.63) is 64.7 Å². The van der Waals surface area contributed by atoms with E-state index < -0.39 is 6.04 Å². The Morgan fingerprint density at radius 2 is 1.78 bits per heavy atom. The molecule has 2 aromatic rings. The smallest absolute Gasteiger partial charge is 0.261 e. The van der Waals surface area contributed by atoms with E-state index in [4.69, 9.17) is 16.3 Å². The number of hydrogen-bond acceptors (Lipinski definition) is 3. The molecule has 0 saturated heterocycles. The first kappa shape index (κ1) is 24.1. The summed E-state index contributed by atoms with van der Waals surface area (Å²) < 4.78 is 5.71.